The molecule has 0 unspecified atom stereocenters. The number of halogens is 1. The third kappa shape index (κ3) is 3.52. The molecule has 0 spiro atoms. The highest BCUT2D eigenvalue weighted by atomic mass is 35.5. The molecule has 0 bridgehead atoms. The Morgan fingerprint density at radius 1 is 1.23 bits per heavy atom. The van der Waals surface area contributed by atoms with Crippen LogP contribution >= 0.6 is 11.6 Å². The van der Waals surface area contributed by atoms with Gasteiger partial charge in [-0.25, -0.2) is 14.8 Å². The van der Waals surface area contributed by atoms with Gasteiger partial charge in [-0.1, -0.05) is 17.7 Å². The van der Waals surface area contributed by atoms with Gasteiger partial charge in [0.25, 0.3) is 0 Å². The molecule has 1 amide bonds. The number of carbonyl (C=O) groups excluding carboxylic acids is 2. The van der Waals surface area contributed by atoms with Crippen molar-refractivity contribution in [1.29, 1.82) is 0 Å². The molecule has 0 aliphatic heterocycles. The Kier molecular flexibility index (Phi) is 4.90. The second-order valence-corrected chi connectivity index (χ2v) is 6.17. The third-order valence-corrected chi connectivity index (χ3v) is 4.23. The quantitative estimate of drug-likeness (QED) is 0.711. The lowest BCUT2D eigenvalue weighted by molar-refractivity contribution is -0.114. The molecule has 3 rings (SSSR count). The second kappa shape index (κ2) is 7.13. The van der Waals surface area contributed by atoms with E-state index >= 15 is 0 Å². The number of aryl methyl sites for hydroxylation is 1. The van der Waals surface area contributed by atoms with Crippen LogP contribution in [0, 0.1) is 6.92 Å². The van der Waals surface area contributed by atoms with Crippen LogP contribution in [0.15, 0.2) is 30.3 Å². The van der Waals surface area contributed by atoms with Crippen molar-refractivity contribution >= 4 is 40.3 Å². The molecule has 3 aromatic rings. The van der Waals surface area contributed by atoms with E-state index in [1.807, 2.05) is 17.6 Å². The summed E-state index contributed by atoms with van der Waals surface area (Å²) in [7, 11) is 1.31. The highest BCUT2D eigenvalue weighted by Crippen LogP contribution is 2.24. The molecule has 2 aromatic heterocycles. The lowest BCUT2D eigenvalue weighted by Crippen LogP contribution is -2.08. The van der Waals surface area contributed by atoms with Crippen molar-refractivity contribution in [3.63, 3.8) is 0 Å². The number of benzene rings is 1. The van der Waals surface area contributed by atoms with E-state index in [2.05, 4.69) is 15.3 Å². The maximum absolute atomic E-state index is 11.7. The van der Waals surface area contributed by atoms with Crippen LogP contribution in [0.5, 0.6) is 0 Å². The maximum Gasteiger partial charge on any atom is 0.356 e. The molecule has 0 aliphatic rings. The summed E-state index contributed by atoms with van der Waals surface area (Å²) in [6.07, 6.45) is 0. The minimum atomic E-state index is -0.505. The lowest BCUT2D eigenvalue weighted by atomic mass is 10.2. The molecule has 0 saturated carbocycles. The smallest absolute Gasteiger partial charge is 0.356 e. The van der Waals surface area contributed by atoms with Crippen molar-refractivity contribution in [3.8, 4) is 0 Å². The molecular weight excluding hydrogens is 356 g/mol. The van der Waals surface area contributed by atoms with E-state index in [1.54, 1.807) is 24.3 Å². The standard InChI is InChI=1S/C18H17ClN4O3/c1-10-20-15-6-7-16(18(25)26-3)22-17(15)23(10)9-12-4-5-13(8-14(12)19)21-11(2)24/h4-8H,9H2,1-3H3,(H,21,24). The molecule has 134 valence electrons. The first-order chi connectivity index (χ1) is 12.4. The zero-order valence-corrected chi connectivity index (χ0v) is 15.3. The summed E-state index contributed by atoms with van der Waals surface area (Å²) in [6, 6.07) is 8.63. The van der Waals surface area contributed by atoms with Gasteiger partial charge in [0, 0.05) is 17.6 Å². The van der Waals surface area contributed by atoms with Crippen LogP contribution in [-0.4, -0.2) is 33.5 Å². The summed E-state index contributed by atoms with van der Waals surface area (Å²) in [6.45, 7) is 3.73. The van der Waals surface area contributed by atoms with Crippen LogP contribution in [0.1, 0.15) is 28.8 Å². The summed E-state index contributed by atoms with van der Waals surface area (Å²) in [5.74, 6) is 0.0799. The molecule has 1 N–H and O–H groups in total. The number of pyridine rings is 1. The first kappa shape index (κ1) is 17.9. The maximum atomic E-state index is 11.7. The minimum absolute atomic E-state index is 0.162. The number of ether oxygens (including phenoxy) is 1. The van der Waals surface area contributed by atoms with E-state index in [4.69, 9.17) is 16.3 Å². The number of anilines is 1. The summed E-state index contributed by atoms with van der Waals surface area (Å²) in [5, 5.41) is 3.21. The average Bonchev–Trinajstić information content (AvgIpc) is 2.90. The second-order valence-electron chi connectivity index (χ2n) is 5.76. The summed E-state index contributed by atoms with van der Waals surface area (Å²) < 4.78 is 6.60. The highest BCUT2D eigenvalue weighted by molar-refractivity contribution is 6.31. The van der Waals surface area contributed by atoms with Gasteiger partial charge in [-0.15, -0.1) is 0 Å². The predicted molar refractivity (Wildman–Crippen MR) is 98.5 cm³/mol. The number of nitrogens with zero attached hydrogens (tertiary/aromatic N) is 3. The van der Waals surface area contributed by atoms with Gasteiger partial charge in [-0.2, -0.15) is 0 Å². The number of methoxy groups -OCH3 is 1. The average molecular weight is 373 g/mol. The Bertz CT molecular complexity index is 1010. The van der Waals surface area contributed by atoms with Crippen LogP contribution in [-0.2, 0) is 16.1 Å². The van der Waals surface area contributed by atoms with Gasteiger partial charge < -0.3 is 14.6 Å². The van der Waals surface area contributed by atoms with E-state index in [9.17, 15) is 9.59 Å². The minimum Gasteiger partial charge on any atom is -0.464 e. The fourth-order valence-corrected chi connectivity index (χ4v) is 2.89. The van der Waals surface area contributed by atoms with Crippen molar-refractivity contribution < 1.29 is 14.3 Å². The molecule has 7 nitrogen and oxygen atoms in total. The van der Waals surface area contributed by atoms with Gasteiger partial charge >= 0.3 is 5.97 Å². The molecule has 0 saturated heterocycles. The fourth-order valence-electron chi connectivity index (χ4n) is 2.65. The summed E-state index contributed by atoms with van der Waals surface area (Å²) in [5.41, 5.74) is 2.94. The van der Waals surface area contributed by atoms with E-state index in [-0.39, 0.29) is 11.6 Å². The zero-order chi connectivity index (χ0) is 18.8. The molecule has 0 aliphatic carbocycles. The van der Waals surface area contributed by atoms with Gasteiger partial charge in [0.15, 0.2) is 11.3 Å². The number of hydrogen-bond donors (Lipinski definition) is 1. The van der Waals surface area contributed by atoms with E-state index in [0.717, 1.165) is 11.4 Å². The number of esters is 1. The number of fused-ring (bicyclic) bond motifs is 1. The first-order valence-corrected chi connectivity index (χ1v) is 8.25. The van der Waals surface area contributed by atoms with Crippen LogP contribution in [0.3, 0.4) is 0 Å². The van der Waals surface area contributed by atoms with Crippen molar-refractivity contribution in [1.82, 2.24) is 14.5 Å². The Morgan fingerprint density at radius 3 is 2.65 bits per heavy atom. The molecule has 26 heavy (non-hydrogen) atoms. The van der Waals surface area contributed by atoms with Crippen molar-refractivity contribution in [2.24, 2.45) is 0 Å². The van der Waals surface area contributed by atoms with Crippen LogP contribution in [0.4, 0.5) is 5.69 Å². The molecule has 1 aromatic carbocycles. The third-order valence-electron chi connectivity index (χ3n) is 3.88. The SMILES string of the molecule is COC(=O)c1ccc2nc(C)n(Cc3ccc(NC(C)=O)cc3Cl)c2n1. The van der Waals surface area contributed by atoms with Gasteiger partial charge in [0.2, 0.25) is 5.91 Å². The number of carbonyl (C=O) groups is 2. The normalized spacial score (nSPS) is 10.8. The van der Waals surface area contributed by atoms with Gasteiger partial charge in [-0.3, -0.25) is 4.79 Å². The largest absolute Gasteiger partial charge is 0.464 e. The van der Waals surface area contributed by atoms with E-state index in [0.29, 0.717) is 28.4 Å². The van der Waals surface area contributed by atoms with Crippen molar-refractivity contribution in [3.05, 3.63) is 52.4 Å². The Labute approximate surface area is 155 Å². The number of rotatable bonds is 4. The predicted octanol–water partition coefficient (Wildman–Crippen LogP) is 3.19. The zero-order valence-electron chi connectivity index (χ0n) is 14.5. The monoisotopic (exact) mass is 372 g/mol. The Balaban J connectivity index is 1.99. The molecule has 2 heterocycles. The topological polar surface area (TPSA) is 86.1 Å². The van der Waals surface area contributed by atoms with Gasteiger partial charge in [-0.05, 0) is 36.8 Å². The number of amides is 1. The molecule has 0 radical (unpaired) electrons. The Morgan fingerprint density at radius 2 is 2.00 bits per heavy atom. The summed E-state index contributed by atoms with van der Waals surface area (Å²) >= 11 is 6.36. The molecular formula is C18H17ClN4O3. The molecule has 8 heteroatoms. The first-order valence-electron chi connectivity index (χ1n) is 7.87. The van der Waals surface area contributed by atoms with Crippen molar-refractivity contribution in [2.75, 3.05) is 12.4 Å². The van der Waals surface area contributed by atoms with Crippen LogP contribution in [0.2, 0.25) is 5.02 Å². The number of hydrogen-bond acceptors (Lipinski definition) is 5. The fraction of sp³-hybridized carbons (Fsp3) is 0.222. The van der Waals surface area contributed by atoms with E-state index in [1.165, 1.54) is 14.0 Å². The van der Waals surface area contributed by atoms with Gasteiger partial charge in [0.1, 0.15) is 11.3 Å². The van der Waals surface area contributed by atoms with Gasteiger partial charge in [0.05, 0.1) is 13.7 Å². The lowest BCUT2D eigenvalue weighted by Gasteiger charge is -2.10. The highest BCUT2D eigenvalue weighted by Gasteiger charge is 2.15. The number of nitrogens with one attached hydrogen (secondary N) is 1. The number of imidazole rings is 1. The van der Waals surface area contributed by atoms with Crippen LogP contribution < -0.4 is 5.32 Å². The number of aromatic nitrogens is 3. The molecule has 0 atom stereocenters. The Hall–Kier alpha value is -2.93. The van der Waals surface area contributed by atoms with E-state index < -0.39 is 5.97 Å². The van der Waals surface area contributed by atoms with Crippen LogP contribution in [0.25, 0.3) is 11.2 Å². The van der Waals surface area contributed by atoms with Crippen molar-refractivity contribution in [2.45, 2.75) is 20.4 Å². The molecule has 0 fully saturated rings. The summed E-state index contributed by atoms with van der Waals surface area (Å²) in [4.78, 5) is 31.7.